The lowest BCUT2D eigenvalue weighted by atomic mass is 9.95. The molecule has 0 radical (unpaired) electrons. The number of amides is 1. The van der Waals surface area contributed by atoms with E-state index in [1.54, 1.807) is 11.8 Å². The summed E-state index contributed by atoms with van der Waals surface area (Å²) in [6.07, 6.45) is 3.37. The molecule has 0 spiro atoms. The molecule has 1 atom stereocenters. The molecule has 112 valence electrons. The van der Waals surface area contributed by atoms with Crippen LogP contribution in [0.3, 0.4) is 0 Å². The molecule has 1 fully saturated rings. The Balaban J connectivity index is 0.00000200. The molecule has 2 rings (SSSR count). The number of nitrogens with zero attached hydrogens (tertiary/aromatic N) is 1. The molecule has 0 saturated carbocycles. The van der Waals surface area contributed by atoms with Gasteiger partial charge in [-0.1, -0.05) is 18.2 Å². The largest absolute Gasteiger partial charge is 0.342 e. The lowest BCUT2D eigenvalue weighted by Gasteiger charge is -2.32. The van der Waals surface area contributed by atoms with Gasteiger partial charge in [0.25, 0.3) is 0 Å². The Kier molecular flexibility index (Phi) is 8.04. The van der Waals surface area contributed by atoms with Gasteiger partial charge in [-0.05, 0) is 43.9 Å². The van der Waals surface area contributed by atoms with Crippen LogP contribution < -0.4 is 5.73 Å². The number of nitrogens with two attached hydrogens (primary N) is 1. The summed E-state index contributed by atoms with van der Waals surface area (Å²) in [7, 11) is 0. The number of hydrogen-bond acceptors (Lipinski definition) is 3. The van der Waals surface area contributed by atoms with Gasteiger partial charge in [-0.25, -0.2) is 0 Å². The van der Waals surface area contributed by atoms with Crippen LogP contribution in [0.4, 0.5) is 0 Å². The van der Waals surface area contributed by atoms with Crippen molar-refractivity contribution in [3.8, 4) is 0 Å². The van der Waals surface area contributed by atoms with Gasteiger partial charge < -0.3 is 10.6 Å². The average Bonchev–Trinajstić information content (AvgIpc) is 2.46. The van der Waals surface area contributed by atoms with Crippen molar-refractivity contribution in [1.29, 1.82) is 0 Å². The molecule has 0 aliphatic carbocycles. The highest BCUT2D eigenvalue weighted by Crippen LogP contribution is 2.22. The molecule has 1 aromatic carbocycles. The van der Waals surface area contributed by atoms with Crippen molar-refractivity contribution < 1.29 is 4.79 Å². The number of likely N-dealkylation sites (tertiary alicyclic amines) is 1. The minimum Gasteiger partial charge on any atom is -0.342 e. The van der Waals surface area contributed by atoms with Crippen LogP contribution in [0.1, 0.15) is 19.3 Å². The van der Waals surface area contributed by atoms with Crippen molar-refractivity contribution in [2.24, 2.45) is 11.7 Å². The number of piperidine rings is 1. The van der Waals surface area contributed by atoms with Crippen molar-refractivity contribution in [3.63, 3.8) is 0 Å². The van der Waals surface area contributed by atoms with E-state index in [2.05, 4.69) is 0 Å². The van der Waals surface area contributed by atoms with Gasteiger partial charge in [0.15, 0.2) is 0 Å². The van der Waals surface area contributed by atoms with E-state index in [9.17, 15) is 4.79 Å². The third-order valence-corrected chi connectivity index (χ3v) is 4.55. The summed E-state index contributed by atoms with van der Waals surface area (Å²) in [6.45, 7) is 2.53. The average molecular weight is 315 g/mol. The molecule has 0 aromatic heterocycles. The molecule has 1 aliphatic rings. The van der Waals surface area contributed by atoms with Crippen LogP contribution in [0.25, 0.3) is 0 Å². The Morgan fingerprint density at radius 1 is 1.35 bits per heavy atom. The van der Waals surface area contributed by atoms with Gasteiger partial charge in [-0.2, -0.15) is 0 Å². The molecule has 2 N–H and O–H groups in total. The number of halogens is 1. The van der Waals surface area contributed by atoms with Gasteiger partial charge in [0.05, 0.1) is 5.75 Å². The minimum absolute atomic E-state index is 0. The molecule has 20 heavy (non-hydrogen) atoms. The van der Waals surface area contributed by atoms with Crippen LogP contribution in [0.2, 0.25) is 0 Å². The second-order valence-electron chi connectivity index (χ2n) is 5.03. The van der Waals surface area contributed by atoms with Crippen molar-refractivity contribution >= 4 is 30.1 Å². The van der Waals surface area contributed by atoms with Crippen LogP contribution in [0.15, 0.2) is 35.2 Å². The van der Waals surface area contributed by atoms with E-state index < -0.39 is 0 Å². The zero-order valence-corrected chi connectivity index (χ0v) is 13.3. The van der Waals surface area contributed by atoms with E-state index in [0.29, 0.717) is 11.7 Å². The topological polar surface area (TPSA) is 46.3 Å². The van der Waals surface area contributed by atoms with Crippen LogP contribution in [0.5, 0.6) is 0 Å². The molecule has 1 aromatic rings. The number of rotatable bonds is 5. The lowest BCUT2D eigenvalue weighted by Crippen LogP contribution is -2.41. The second-order valence-corrected chi connectivity index (χ2v) is 6.08. The van der Waals surface area contributed by atoms with E-state index in [-0.39, 0.29) is 18.3 Å². The second kappa shape index (κ2) is 9.27. The molecule has 1 unspecified atom stereocenters. The maximum atomic E-state index is 12.2. The molecule has 3 nitrogen and oxygen atoms in total. The first-order valence-electron chi connectivity index (χ1n) is 6.95. The standard InChI is InChI=1S/C15H22N2OS.ClH/c16-9-8-13-5-4-10-17(11-13)15(18)12-19-14-6-2-1-3-7-14;/h1-3,6-7,13H,4-5,8-12,16H2;1H. The number of thioether (sulfide) groups is 1. The smallest absolute Gasteiger partial charge is 0.232 e. The Morgan fingerprint density at radius 2 is 2.10 bits per heavy atom. The molecular formula is C15H23ClN2OS. The summed E-state index contributed by atoms with van der Waals surface area (Å²) in [5.41, 5.74) is 5.61. The van der Waals surface area contributed by atoms with Crippen molar-refractivity contribution in [2.45, 2.75) is 24.2 Å². The zero-order chi connectivity index (χ0) is 13.5. The quantitative estimate of drug-likeness (QED) is 0.850. The third kappa shape index (κ3) is 5.35. The zero-order valence-electron chi connectivity index (χ0n) is 11.7. The molecule has 0 bridgehead atoms. The lowest BCUT2D eigenvalue weighted by molar-refractivity contribution is -0.130. The Morgan fingerprint density at radius 3 is 2.80 bits per heavy atom. The first kappa shape index (κ1) is 17.3. The summed E-state index contributed by atoms with van der Waals surface area (Å²) in [6, 6.07) is 10.1. The Labute approximate surface area is 131 Å². The highest BCUT2D eigenvalue weighted by atomic mass is 35.5. The molecular weight excluding hydrogens is 292 g/mol. The summed E-state index contributed by atoms with van der Waals surface area (Å²) in [5, 5.41) is 0. The predicted octanol–water partition coefficient (Wildman–Crippen LogP) is 2.79. The van der Waals surface area contributed by atoms with Gasteiger partial charge in [0, 0.05) is 18.0 Å². The number of hydrogen-bond donors (Lipinski definition) is 1. The molecule has 5 heteroatoms. The van der Waals surface area contributed by atoms with Gasteiger partial charge >= 0.3 is 0 Å². The maximum Gasteiger partial charge on any atom is 0.232 e. The van der Waals surface area contributed by atoms with Crippen LogP contribution in [-0.2, 0) is 4.79 Å². The monoisotopic (exact) mass is 314 g/mol. The van der Waals surface area contributed by atoms with Crippen LogP contribution in [-0.4, -0.2) is 36.2 Å². The summed E-state index contributed by atoms with van der Waals surface area (Å²) < 4.78 is 0. The van der Waals surface area contributed by atoms with Crippen molar-refractivity contribution in [2.75, 3.05) is 25.4 Å². The van der Waals surface area contributed by atoms with E-state index >= 15 is 0 Å². The van der Waals surface area contributed by atoms with Gasteiger partial charge in [-0.3, -0.25) is 4.79 Å². The van der Waals surface area contributed by atoms with Gasteiger partial charge in [0.2, 0.25) is 5.91 Å². The first-order valence-corrected chi connectivity index (χ1v) is 7.94. The first-order chi connectivity index (χ1) is 9.29. The molecule has 1 amide bonds. The normalized spacial score (nSPS) is 18.4. The Bertz CT molecular complexity index is 400. The third-order valence-electron chi connectivity index (χ3n) is 3.55. The van der Waals surface area contributed by atoms with Crippen LogP contribution >= 0.6 is 24.2 Å². The van der Waals surface area contributed by atoms with Crippen LogP contribution in [0, 0.1) is 5.92 Å². The summed E-state index contributed by atoms with van der Waals surface area (Å²) in [5.74, 6) is 1.40. The fraction of sp³-hybridized carbons (Fsp3) is 0.533. The fourth-order valence-corrected chi connectivity index (χ4v) is 3.34. The fourth-order valence-electron chi connectivity index (χ4n) is 2.52. The van der Waals surface area contributed by atoms with E-state index in [1.807, 2.05) is 35.2 Å². The molecule has 1 aliphatic heterocycles. The van der Waals surface area contributed by atoms with E-state index in [4.69, 9.17) is 5.73 Å². The minimum atomic E-state index is 0. The predicted molar refractivity (Wildman–Crippen MR) is 87.4 cm³/mol. The van der Waals surface area contributed by atoms with Crippen molar-refractivity contribution in [1.82, 2.24) is 4.90 Å². The summed E-state index contributed by atoms with van der Waals surface area (Å²) in [4.78, 5) is 15.4. The van der Waals surface area contributed by atoms with Gasteiger partial charge in [-0.15, -0.1) is 24.2 Å². The SMILES string of the molecule is Cl.NCCC1CCCN(C(=O)CSc2ccccc2)C1. The van der Waals surface area contributed by atoms with Crippen molar-refractivity contribution in [3.05, 3.63) is 30.3 Å². The van der Waals surface area contributed by atoms with E-state index in [0.717, 1.165) is 37.4 Å². The number of carbonyl (C=O) groups is 1. The highest BCUT2D eigenvalue weighted by molar-refractivity contribution is 8.00. The highest BCUT2D eigenvalue weighted by Gasteiger charge is 2.22. The molecule has 1 heterocycles. The van der Waals surface area contributed by atoms with Gasteiger partial charge in [0.1, 0.15) is 0 Å². The summed E-state index contributed by atoms with van der Waals surface area (Å²) >= 11 is 1.62. The Hall–Kier alpha value is -0.710. The molecule has 1 saturated heterocycles. The number of carbonyl (C=O) groups excluding carboxylic acids is 1. The number of benzene rings is 1. The maximum absolute atomic E-state index is 12.2. The van der Waals surface area contributed by atoms with E-state index in [1.165, 1.54) is 6.42 Å².